The minimum Gasteiger partial charge on any atom is -0.352 e. The molecule has 0 radical (unpaired) electrons. The van der Waals surface area contributed by atoms with Crippen molar-refractivity contribution in [2.24, 2.45) is 0 Å². The van der Waals surface area contributed by atoms with Crippen LogP contribution in [0.3, 0.4) is 0 Å². The van der Waals surface area contributed by atoms with E-state index in [-0.39, 0.29) is 11.4 Å². The lowest BCUT2D eigenvalue weighted by Gasteiger charge is -2.04. The molecule has 0 atom stereocenters. The highest BCUT2D eigenvalue weighted by Crippen LogP contribution is 2.09. The standard InChI is InChI=1S/C11H13NO3S/c1-2-8-12-11(13)9-16(14,15)10-6-4-3-5-7-10/h2-7H,1,8-9H2,(H,12,13). The average molecular weight is 239 g/mol. The third-order valence-corrected chi connectivity index (χ3v) is 3.50. The first kappa shape index (κ1) is 12.4. The summed E-state index contributed by atoms with van der Waals surface area (Å²) in [6, 6.07) is 7.89. The van der Waals surface area contributed by atoms with Crippen molar-refractivity contribution in [3.8, 4) is 0 Å². The van der Waals surface area contributed by atoms with Crippen molar-refractivity contribution in [1.82, 2.24) is 5.32 Å². The molecule has 1 N–H and O–H groups in total. The summed E-state index contributed by atoms with van der Waals surface area (Å²) in [7, 11) is -3.54. The SMILES string of the molecule is C=CCNC(=O)CS(=O)(=O)c1ccccc1. The Morgan fingerprint density at radius 2 is 1.94 bits per heavy atom. The van der Waals surface area contributed by atoms with Crippen LogP contribution in [0.4, 0.5) is 0 Å². The van der Waals surface area contributed by atoms with Gasteiger partial charge in [0.2, 0.25) is 5.91 Å². The zero-order chi connectivity index (χ0) is 12.0. The Labute approximate surface area is 94.9 Å². The van der Waals surface area contributed by atoms with Gasteiger partial charge in [0, 0.05) is 6.54 Å². The van der Waals surface area contributed by atoms with Crippen LogP contribution in [0.2, 0.25) is 0 Å². The van der Waals surface area contributed by atoms with Crippen LogP contribution in [0, 0.1) is 0 Å². The quantitative estimate of drug-likeness (QED) is 0.772. The van der Waals surface area contributed by atoms with Crippen molar-refractivity contribution in [2.45, 2.75) is 4.90 Å². The second-order valence-electron chi connectivity index (χ2n) is 3.16. The number of sulfone groups is 1. The molecule has 0 saturated heterocycles. The first-order valence-electron chi connectivity index (χ1n) is 4.71. The predicted octanol–water partition coefficient (Wildman–Crippen LogP) is 0.762. The number of hydrogen-bond donors (Lipinski definition) is 1. The molecule has 4 nitrogen and oxygen atoms in total. The molecule has 1 aromatic rings. The summed E-state index contributed by atoms with van der Waals surface area (Å²) in [5.74, 6) is -1.06. The fourth-order valence-corrected chi connectivity index (χ4v) is 2.31. The highest BCUT2D eigenvalue weighted by atomic mass is 32.2. The zero-order valence-electron chi connectivity index (χ0n) is 8.72. The van der Waals surface area contributed by atoms with Gasteiger partial charge in [-0.15, -0.1) is 6.58 Å². The van der Waals surface area contributed by atoms with Gasteiger partial charge in [-0.25, -0.2) is 8.42 Å². The first-order chi connectivity index (χ1) is 7.56. The maximum absolute atomic E-state index is 11.7. The molecule has 5 heteroatoms. The molecule has 16 heavy (non-hydrogen) atoms. The van der Waals surface area contributed by atoms with Crippen molar-refractivity contribution in [3.63, 3.8) is 0 Å². The average Bonchev–Trinajstić information content (AvgIpc) is 2.27. The van der Waals surface area contributed by atoms with Crippen LogP contribution < -0.4 is 5.32 Å². The van der Waals surface area contributed by atoms with Crippen LogP contribution in [0.25, 0.3) is 0 Å². The maximum atomic E-state index is 11.7. The van der Waals surface area contributed by atoms with E-state index < -0.39 is 21.5 Å². The maximum Gasteiger partial charge on any atom is 0.235 e. The summed E-state index contributed by atoms with van der Waals surface area (Å²) in [6.45, 7) is 3.69. The fraction of sp³-hybridized carbons (Fsp3) is 0.182. The number of rotatable bonds is 5. The molecule has 0 saturated carbocycles. The van der Waals surface area contributed by atoms with Crippen LogP contribution >= 0.6 is 0 Å². The van der Waals surface area contributed by atoms with Gasteiger partial charge in [0.25, 0.3) is 0 Å². The molecule has 0 spiro atoms. The molecule has 0 aliphatic heterocycles. The second kappa shape index (κ2) is 5.46. The van der Waals surface area contributed by atoms with E-state index in [4.69, 9.17) is 0 Å². The number of amides is 1. The fourth-order valence-electron chi connectivity index (χ4n) is 1.12. The van der Waals surface area contributed by atoms with E-state index in [2.05, 4.69) is 11.9 Å². The van der Waals surface area contributed by atoms with Crippen molar-refractivity contribution in [3.05, 3.63) is 43.0 Å². The normalized spacial score (nSPS) is 10.8. The third-order valence-electron chi connectivity index (χ3n) is 1.87. The van der Waals surface area contributed by atoms with E-state index in [1.54, 1.807) is 18.2 Å². The van der Waals surface area contributed by atoms with Crippen LogP contribution in [0.5, 0.6) is 0 Å². The van der Waals surface area contributed by atoms with Gasteiger partial charge in [-0.3, -0.25) is 4.79 Å². The van der Waals surface area contributed by atoms with Crippen LogP contribution in [0.1, 0.15) is 0 Å². The summed E-state index contributed by atoms with van der Waals surface area (Å²) in [6.07, 6.45) is 1.49. The van der Waals surface area contributed by atoms with Gasteiger partial charge in [-0.05, 0) is 12.1 Å². The van der Waals surface area contributed by atoms with E-state index in [0.717, 1.165) is 0 Å². The molecular formula is C11H13NO3S. The first-order valence-corrected chi connectivity index (χ1v) is 6.37. The van der Waals surface area contributed by atoms with E-state index in [1.165, 1.54) is 18.2 Å². The minimum absolute atomic E-state index is 0.156. The Morgan fingerprint density at radius 1 is 1.31 bits per heavy atom. The highest BCUT2D eigenvalue weighted by molar-refractivity contribution is 7.92. The molecule has 0 aromatic heterocycles. The molecule has 0 fully saturated rings. The van der Waals surface area contributed by atoms with Crippen molar-refractivity contribution >= 4 is 15.7 Å². The van der Waals surface area contributed by atoms with Gasteiger partial charge in [0.05, 0.1) is 4.90 Å². The second-order valence-corrected chi connectivity index (χ2v) is 5.15. The Kier molecular flexibility index (Phi) is 4.25. The lowest BCUT2D eigenvalue weighted by molar-refractivity contribution is -0.118. The largest absolute Gasteiger partial charge is 0.352 e. The monoisotopic (exact) mass is 239 g/mol. The summed E-state index contributed by atoms with van der Waals surface area (Å²) < 4.78 is 23.4. The number of carbonyl (C=O) groups is 1. The van der Waals surface area contributed by atoms with E-state index in [1.807, 2.05) is 0 Å². The summed E-state index contributed by atoms with van der Waals surface area (Å²) in [5, 5.41) is 2.42. The molecule has 1 aromatic carbocycles. The van der Waals surface area contributed by atoms with Gasteiger partial charge in [-0.2, -0.15) is 0 Å². The van der Waals surface area contributed by atoms with Crippen molar-refractivity contribution in [2.75, 3.05) is 12.3 Å². The summed E-state index contributed by atoms with van der Waals surface area (Å²) in [5.41, 5.74) is 0. The van der Waals surface area contributed by atoms with Crippen LogP contribution in [-0.2, 0) is 14.6 Å². The third kappa shape index (κ3) is 3.51. The van der Waals surface area contributed by atoms with Crippen LogP contribution in [0.15, 0.2) is 47.9 Å². The molecule has 0 bridgehead atoms. The lowest BCUT2D eigenvalue weighted by Crippen LogP contribution is -2.30. The van der Waals surface area contributed by atoms with Gasteiger partial charge in [0.15, 0.2) is 9.84 Å². The Hall–Kier alpha value is -1.62. The van der Waals surface area contributed by atoms with Crippen molar-refractivity contribution < 1.29 is 13.2 Å². The Bertz CT molecular complexity index is 465. The number of carbonyl (C=O) groups excluding carboxylic acids is 1. The van der Waals surface area contributed by atoms with E-state index in [0.29, 0.717) is 0 Å². The highest BCUT2D eigenvalue weighted by Gasteiger charge is 2.18. The Morgan fingerprint density at radius 3 is 2.50 bits per heavy atom. The van der Waals surface area contributed by atoms with E-state index in [9.17, 15) is 13.2 Å². The zero-order valence-corrected chi connectivity index (χ0v) is 9.53. The number of nitrogens with one attached hydrogen (secondary N) is 1. The van der Waals surface area contributed by atoms with Crippen molar-refractivity contribution in [1.29, 1.82) is 0 Å². The van der Waals surface area contributed by atoms with Gasteiger partial charge in [-0.1, -0.05) is 24.3 Å². The summed E-state index contributed by atoms with van der Waals surface area (Å²) in [4.78, 5) is 11.4. The molecule has 0 aliphatic carbocycles. The topological polar surface area (TPSA) is 63.2 Å². The molecule has 1 amide bonds. The predicted molar refractivity (Wildman–Crippen MR) is 61.7 cm³/mol. The molecule has 0 heterocycles. The van der Waals surface area contributed by atoms with Crippen LogP contribution in [-0.4, -0.2) is 26.6 Å². The van der Waals surface area contributed by atoms with Gasteiger partial charge < -0.3 is 5.32 Å². The van der Waals surface area contributed by atoms with Gasteiger partial charge >= 0.3 is 0 Å². The smallest absolute Gasteiger partial charge is 0.235 e. The number of hydrogen-bond acceptors (Lipinski definition) is 3. The molecule has 0 aliphatic rings. The molecule has 0 unspecified atom stereocenters. The van der Waals surface area contributed by atoms with Gasteiger partial charge in [0.1, 0.15) is 5.75 Å². The summed E-state index contributed by atoms with van der Waals surface area (Å²) >= 11 is 0. The van der Waals surface area contributed by atoms with E-state index >= 15 is 0 Å². The number of benzene rings is 1. The molecular weight excluding hydrogens is 226 g/mol. The lowest BCUT2D eigenvalue weighted by atomic mass is 10.4. The minimum atomic E-state index is -3.54. The molecule has 1 rings (SSSR count). The molecule has 86 valence electrons. The Balaban J connectivity index is 2.73.